The number of carboxylic acid groups (broad SMARTS) is 2. The lowest BCUT2D eigenvalue weighted by Gasteiger charge is -2.10. The number of halogens is 1. The first-order valence-electron chi connectivity index (χ1n) is 7.77. The SMILES string of the molecule is CC(C)NC(=O)Nc1ccc(-c2sc(C(=O)O)c(OCC(=O)O)c2Cl)cc1. The molecule has 0 radical (unpaired) electrons. The standard InChI is InChI=1S/C17H17ClN2O6S/c1-8(2)19-17(25)20-10-5-3-9(4-6-10)14-12(18)13(26-7-11(21)22)15(27-14)16(23)24/h3-6,8H,7H2,1-2H3,(H,21,22)(H,23,24)(H2,19,20,25). The number of benzene rings is 1. The maximum Gasteiger partial charge on any atom is 0.349 e. The summed E-state index contributed by atoms with van der Waals surface area (Å²) in [7, 11) is 0. The van der Waals surface area contributed by atoms with Gasteiger partial charge >= 0.3 is 18.0 Å². The van der Waals surface area contributed by atoms with Crippen LogP contribution in [0.1, 0.15) is 23.5 Å². The minimum Gasteiger partial charge on any atom is -0.479 e. The summed E-state index contributed by atoms with van der Waals surface area (Å²) in [6.45, 7) is 2.97. The van der Waals surface area contributed by atoms with Gasteiger partial charge in [-0.25, -0.2) is 14.4 Å². The molecule has 8 nitrogen and oxygen atoms in total. The molecule has 2 amide bonds. The Labute approximate surface area is 163 Å². The number of hydrogen-bond donors (Lipinski definition) is 4. The quantitative estimate of drug-likeness (QED) is 0.548. The molecule has 0 aliphatic rings. The van der Waals surface area contributed by atoms with Crippen LogP contribution in [0, 0.1) is 0 Å². The number of carbonyl (C=O) groups is 3. The lowest BCUT2D eigenvalue weighted by Crippen LogP contribution is -2.34. The van der Waals surface area contributed by atoms with E-state index in [9.17, 15) is 19.5 Å². The molecule has 0 bridgehead atoms. The van der Waals surface area contributed by atoms with E-state index in [4.69, 9.17) is 21.4 Å². The smallest absolute Gasteiger partial charge is 0.349 e. The van der Waals surface area contributed by atoms with Crippen molar-refractivity contribution in [3.05, 3.63) is 34.2 Å². The molecule has 0 aliphatic heterocycles. The second-order valence-corrected chi connectivity index (χ2v) is 7.12. The normalized spacial score (nSPS) is 10.5. The third kappa shape index (κ3) is 5.35. The minimum absolute atomic E-state index is 0.00661. The van der Waals surface area contributed by atoms with Crippen LogP contribution in [-0.4, -0.2) is 40.8 Å². The zero-order valence-corrected chi connectivity index (χ0v) is 16.0. The lowest BCUT2D eigenvalue weighted by molar-refractivity contribution is -0.139. The molecule has 0 saturated heterocycles. The Kier molecular flexibility index (Phi) is 6.65. The number of aliphatic carboxylic acids is 1. The number of carboxylic acids is 2. The molecule has 0 saturated carbocycles. The molecule has 2 rings (SSSR count). The van der Waals surface area contributed by atoms with Gasteiger partial charge in [-0.05, 0) is 31.5 Å². The van der Waals surface area contributed by atoms with Crippen molar-refractivity contribution in [3.63, 3.8) is 0 Å². The molecule has 0 spiro atoms. The van der Waals surface area contributed by atoms with Gasteiger partial charge in [0.15, 0.2) is 17.2 Å². The highest BCUT2D eigenvalue weighted by molar-refractivity contribution is 7.18. The second-order valence-electron chi connectivity index (χ2n) is 5.72. The van der Waals surface area contributed by atoms with E-state index >= 15 is 0 Å². The van der Waals surface area contributed by atoms with Crippen LogP contribution in [0.5, 0.6) is 5.75 Å². The third-order valence-electron chi connectivity index (χ3n) is 3.17. The van der Waals surface area contributed by atoms with Crippen molar-refractivity contribution in [3.8, 4) is 16.2 Å². The fourth-order valence-corrected chi connectivity index (χ4v) is 3.53. The molecule has 0 unspecified atom stereocenters. The molecule has 27 heavy (non-hydrogen) atoms. The average molecular weight is 413 g/mol. The van der Waals surface area contributed by atoms with E-state index in [1.807, 2.05) is 13.8 Å². The number of aromatic carboxylic acids is 1. The van der Waals surface area contributed by atoms with Gasteiger partial charge in [-0.2, -0.15) is 0 Å². The summed E-state index contributed by atoms with van der Waals surface area (Å²) in [5.41, 5.74) is 1.15. The van der Waals surface area contributed by atoms with E-state index in [0.717, 1.165) is 11.3 Å². The average Bonchev–Trinajstić information content (AvgIpc) is 2.90. The Morgan fingerprint density at radius 1 is 1.19 bits per heavy atom. The van der Waals surface area contributed by atoms with Crippen molar-refractivity contribution in [2.24, 2.45) is 0 Å². The zero-order chi connectivity index (χ0) is 20.1. The predicted molar refractivity (Wildman–Crippen MR) is 102 cm³/mol. The van der Waals surface area contributed by atoms with Crippen LogP contribution in [0.25, 0.3) is 10.4 Å². The van der Waals surface area contributed by atoms with Gasteiger partial charge in [-0.15, -0.1) is 11.3 Å². The van der Waals surface area contributed by atoms with Gasteiger partial charge < -0.3 is 25.6 Å². The fourth-order valence-electron chi connectivity index (χ4n) is 2.12. The molecular formula is C17H17ClN2O6S. The first-order valence-corrected chi connectivity index (χ1v) is 8.96. The second kappa shape index (κ2) is 8.74. The van der Waals surface area contributed by atoms with Gasteiger partial charge in [0, 0.05) is 11.7 Å². The molecule has 0 fully saturated rings. The first-order chi connectivity index (χ1) is 12.7. The minimum atomic E-state index is -1.27. The van der Waals surface area contributed by atoms with Crippen molar-refractivity contribution in [2.75, 3.05) is 11.9 Å². The number of hydrogen-bond acceptors (Lipinski definition) is 5. The molecule has 2 aromatic rings. The summed E-state index contributed by atoms with van der Waals surface area (Å²) in [4.78, 5) is 34.0. The van der Waals surface area contributed by atoms with Crippen LogP contribution < -0.4 is 15.4 Å². The van der Waals surface area contributed by atoms with Crippen LogP contribution in [0.2, 0.25) is 5.02 Å². The van der Waals surface area contributed by atoms with E-state index in [1.165, 1.54) is 0 Å². The number of rotatable bonds is 7. The summed E-state index contributed by atoms with van der Waals surface area (Å²) in [6, 6.07) is 6.26. The largest absolute Gasteiger partial charge is 0.479 e. The Bertz CT molecular complexity index is 863. The summed E-state index contributed by atoms with van der Waals surface area (Å²) in [5, 5.41) is 23.4. The van der Waals surface area contributed by atoms with Crippen molar-refractivity contribution in [2.45, 2.75) is 19.9 Å². The number of nitrogens with one attached hydrogen (secondary N) is 2. The molecule has 1 heterocycles. The number of ether oxygens (including phenoxy) is 1. The number of thiophene rings is 1. The number of amides is 2. The summed E-state index contributed by atoms with van der Waals surface area (Å²) >= 11 is 7.10. The molecule has 0 aliphatic carbocycles. The van der Waals surface area contributed by atoms with Gasteiger partial charge in [0.1, 0.15) is 5.02 Å². The van der Waals surface area contributed by atoms with E-state index in [-0.39, 0.29) is 27.7 Å². The van der Waals surface area contributed by atoms with E-state index < -0.39 is 18.5 Å². The van der Waals surface area contributed by atoms with Crippen molar-refractivity contribution in [1.29, 1.82) is 0 Å². The molecule has 10 heteroatoms. The molecule has 0 atom stereocenters. The summed E-state index contributed by atoms with van der Waals surface area (Å²) in [5.74, 6) is -2.69. The van der Waals surface area contributed by atoms with Crippen LogP contribution in [-0.2, 0) is 4.79 Å². The summed E-state index contributed by atoms with van der Waals surface area (Å²) < 4.78 is 5.04. The van der Waals surface area contributed by atoms with Gasteiger partial charge in [0.25, 0.3) is 0 Å². The van der Waals surface area contributed by atoms with Gasteiger partial charge in [-0.1, -0.05) is 23.7 Å². The van der Waals surface area contributed by atoms with Crippen LogP contribution >= 0.6 is 22.9 Å². The van der Waals surface area contributed by atoms with E-state index in [0.29, 0.717) is 16.1 Å². The van der Waals surface area contributed by atoms with Crippen LogP contribution in [0.3, 0.4) is 0 Å². The highest BCUT2D eigenvalue weighted by Crippen LogP contribution is 2.45. The van der Waals surface area contributed by atoms with Gasteiger partial charge in [-0.3, -0.25) is 0 Å². The maximum absolute atomic E-state index is 11.7. The Balaban J connectivity index is 2.27. The van der Waals surface area contributed by atoms with Crippen LogP contribution in [0.4, 0.5) is 10.5 Å². The third-order valence-corrected chi connectivity index (χ3v) is 4.85. The van der Waals surface area contributed by atoms with Crippen molar-refractivity contribution in [1.82, 2.24) is 5.32 Å². The topological polar surface area (TPSA) is 125 Å². The van der Waals surface area contributed by atoms with Crippen molar-refractivity contribution >= 4 is 46.6 Å². The van der Waals surface area contributed by atoms with Gasteiger partial charge in [0.2, 0.25) is 0 Å². The number of anilines is 1. The first kappa shape index (κ1) is 20.5. The van der Waals surface area contributed by atoms with Gasteiger partial charge in [0.05, 0.1) is 4.88 Å². The maximum atomic E-state index is 11.7. The molecule has 4 N–H and O–H groups in total. The Morgan fingerprint density at radius 3 is 2.33 bits per heavy atom. The molecule has 1 aromatic heterocycles. The van der Waals surface area contributed by atoms with E-state index in [1.54, 1.807) is 24.3 Å². The Hall–Kier alpha value is -2.78. The van der Waals surface area contributed by atoms with E-state index in [2.05, 4.69) is 10.6 Å². The molecule has 144 valence electrons. The zero-order valence-electron chi connectivity index (χ0n) is 14.4. The molecular weight excluding hydrogens is 396 g/mol. The number of urea groups is 1. The monoisotopic (exact) mass is 412 g/mol. The molecule has 1 aromatic carbocycles. The highest BCUT2D eigenvalue weighted by atomic mass is 35.5. The Morgan fingerprint density at radius 2 is 1.81 bits per heavy atom. The predicted octanol–water partition coefficient (Wildman–Crippen LogP) is 3.76. The van der Waals surface area contributed by atoms with Crippen molar-refractivity contribution < 1.29 is 29.3 Å². The highest BCUT2D eigenvalue weighted by Gasteiger charge is 2.24. The van der Waals surface area contributed by atoms with Crippen LogP contribution in [0.15, 0.2) is 24.3 Å². The fraction of sp³-hybridized carbons (Fsp3) is 0.235. The summed E-state index contributed by atoms with van der Waals surface area (Å²) in [6.07, 6.45) is 0. The lowest BCUT2D eigenvalue weighted by atomic mass is 10.1. The number of carbonyl (C=O) groups excluding carboxylic acids is 1.